The summed E-state index contributed by atoms with van der Waals surface area (Å²) in [5, 5.41) is 0. The van der Waals surface area contributed by atoms with Gasteiger partial charge in [-0.05, 0) is 56.8 Å². The lowest BCUT2D eigenvalue weighted by atomic mass is 9.96. The number of unbranched alkanes of at least 4 members (excludes halogenated alkanes) is 2. The number of hydrogen-bond acceptors (Lipinski definition) is 2. The van der Waals surface area contributed by atoms with Crippen molar-refractivity contribution in [2.45, 2.75) is 98.5 Å². The molecule has 0 unspecified atom stereocenters. The molecule has 0 aliphatic rings. The summed E-state index contributed by atoms with van der Waals surface area (Å²) in [7, 11) is 0. The van der Waals surface area contributed by atoms with Crippen LogP contribution in [0.4, 0.5) is 0 Å². The third-order valence-corrected chi connectivity index (χ3v) is 4.71. The molecule has 0 fully saturated rings. The molecule has 0 aliphatic carbocycles. The lowest BCUT2D eigenvalue weighted by Gasteiger charge is -2.24. The first-order valence-electron chi connectivity index (χ1n) is 11.9. The van der Waals surface area contributed by atoms with Gasteiger partial charge in [0.05, 0.1) is 0 Å². The first kappa shape index (κ1) is 28.2. The first-order chi connectivity index (χ1) is 14.5. The maximum atomic E-state index is 12.0. The Balaban J connectivity index is 3.71. The average molecular weight is 415 g/mol. The molecule has 0 N–H and O–H groups in total. The van der Waals surface area contributed by atoms with Crippen LogP contribution in [0.2, 0.25) is 0 Å². The fourth-order valence-corrected chi connectivity index (χ4v) is 3.10. The number of rotatable bonds is 17. The van der Waals surface area contributed by atoms with E-state index in [0.717, 1.165) is 38.5 Å². The molecule has 2 heteroatoms. The van der Waals surface area contributed by atoms with Gasteiger partial charge in [0.15, 0.2) is 0 Å². The van der Waals surface area contributed by atoms with Crippen LogP contribution in [-0.2, 0) is 9.53 Å². The predicted molar refractivity (Wildman–Crippen MR) is 132 cm³/mol. The van der Waals surface area contributed by atoms with Gasteiger partial charge in [-0.25, -0.2) is 0 Å². The Morgan fingerprint density at radius 3 is 1.47 bits per heavy atom. The van der Waals surface area contributed by atoms with E-state index in [9.17, 15) is 4.79 Å². The van der Waals surface area contributed by atoms with Gasteiger partial charge in [-0.15, -0.1) is 0 Å². The topological polar surface area (TPSA) is 26.3 Å². The zero-order chi connectivity index (χ0) is 22.5. The number of allylic oxidation sites excluding steroid dienone is 10. The van der Waals surface area contributed by atoms with Crippen LogP contribution in [-0.4, -0.2) is 12.1 Å². The lowest BCUT2D eigenvalue weighted by molar-refractivity contribution is -0.154. The minimum atomic E-state index is -0.0646. The first-order valence-corrected chi connectivity index (χ1v) is 11.9. The molecular formula is C28H46O2. The van der Waals surface area contributed by atoms with Gasteiger partial charge in [-0.1, -0.05) is 102 Å². The second kappa shape index (κ2) is 20.4. The molecule has 0 saturated heterocycles. The molecular weight excluding hydrogens is 368 g/mol. The molecule has 0 aromatic heterocycles. The number of carbonyl (C=O) groups is 1. The van der Waals surface area contributed by atoms with Crippen molar-refractivity contribution in [1.29, 1.82) is 0 Å². The van der Waals surface area contributed by atoms with E-state index < -0.39 is 0 Å². The second-order valence-corrected chi connectivity index (χ2v) is 8.42. The zero-order valence-corrected chi connectivity index (χ0v) is 20.2. The van der Waals surface area contributed by atoms with Crippen LogP contribution in [0.15, 0.2) is 60.8 Å². The average Bonchev–Trinajstić information content (AvgIpc) is 2.70. The number of carbonyl (C=O) groups excluding carboxylic acids is 1. The Bertz CT molecular complexity index is 539. The quantitative estimate of drug-likeness (QED) is 0.135. The summed E-state index contributed by atoms with van der Waals surface area (Å²) < 4.78 is 5.62. The van der Waals surface area contributed by atoms with Gasteiger partial charge in [-0.3, -0.25) is 4.79 Å². The summed E-state index contributed by atoms with van der Waals surface area (Å²) in [5.74, 6) is 0.666. The van der Waals surface area contributed by atoms with E-state index in [1.165, 1.54) is 12.8 Å². The van der Waals surface area contributed by atoms with Gasteiger partial charge in [0.2, 0.25) is 0 Å². The molecule has 0 saturated carbocycles. The molecule has 0 aliphatic heterocycles. The summed E-state index contributed by atoms with van der Waals surface area (Å²) in [5.41, 5.74) is 0. The van der Waals surface area contributed by atoms with Crippen LogP contribution in [0.1, 0.15) is 92.4 Å². The van der Waals surface area contributed by atoms with Crippen molar-refractivity contribution in [3.8, 4) is 0 Å². The van der Waals surface area contributed by atoms with Crippen molar-refractivity contribution in [3.05, 3.63) is 60.8 Å². The van der Waals surface area contributed by atoms with E-state index in [-0.39, 0.29) is 12.1 Å². The van der Waals surface area contributed by atoms with Crippen LogP contribution >= 0.6 is 0 Å². The van der Waals surface area contributed by atoms with E-state index in [4.69, 9.17) is 4.74 Å². The molecule has 0 aromatic carbocycles. The van der Waals surface area contributed by atoms with Gasteiger partial charge >= 0.3 is 5.97 Å². The largest absolute Gasteiger partial charge is 0.462 e. The monoisotopic (exact) mass is 414 g/mol. The van der Waals surface area contributed by atoms with E-state index in [2.05, 4.69) is 95.4 Å². The van der Waals surface area contributed by atoms with Crippen molar-refractivity contribution < 1.29 is 9.53 Å². The van der Waals surface area contributed by atoms with Crippen LogP contribution in [0, 0.1) is 11.8 Å². The highest BCUT2D eigenvalue weighted by Crippen LogP contribution is 2.17. The van der Waals surface area contributed by atoms with Crippen molar-refractivity contribution in [3.63, 3.8) is 0 Å². The minimum absolute atomic E-state index is 0.0240. The molecule has 0 atom stereocenters. The van der Waals surface area contributed by atoms with Crippen molar-refractivity contribution in [2.75, 3.05) is 0 Å². The van der Waals surface area contributed by atoms with Gasteiger partial charge in [-0.2, -0.15) is 0 Å². The third kappa shape index (κ3) is 18.2. The molecule has 0 bridgehead atoms. The minimum Gasteiger partial charge on any atom is -0.462 e. The van der Waals surface area contributed by atoms with Crippen LogP contribution < -0.4 is 0 Å². The predicted octanol–water partition coefficient (Wildman–Crippen LogP) is 8.52. The van der Waals surface area contributed by atoms with Crippen LogP contribution in [0.5, 0.6) is 0 Å². The Morgan fingerprint density at radius 1 is 0.667 bits per heavy atom. The number of hydrogen-bond donors (Lipinski definition) is 0. The Labute approximate surface area is 186 Å². The third-order valence-electron chi connectivity index (χ3n) is 4.71. The second-order valence-electron chi connectivity index (χ2n) is 8.42. The van der Waals surface area contributed by atoms with Crippen LogP contribution in [0.25, 0.3) is 0 Å². The molecule has 2 nitrogen and oxygen atoms in total. The molecule has 0 amide bonds. The molecule has 30 heavy (non-hydrogen) atoms. The fourth-order valence-electron chi connectivity index (χ4n) is 3.10. The van der Waals surface area contributed by atoms with Crippen molar-refractivity contribution >= 4 is 5.97 Å². The lowest BCUT2D eigenvalue weighted by Crippen LogP contribution is -2.28. The Kier molecular flexibility index (Phi) is 19.2. The zero-order valence-electron chi connectivity index (χ0n) is 20.2. The van der Waals surface area contributed by atoms with Crippen LogP contribution in [0.3, 0.4) is 0 Å². The van der Waals surface area contributed by atoms with E-state index in [1.54, 1.807) is 0 Å². The maximum Gasteiger partial charge on any atom is 0.306 e. The summed E-state index contributed by atoms with van der Waals surface area (Å²) in [6.45, 7) is 10.6. The summed E-state index contributed by atoms with van der Waals surface area (Å²) in [6, 6.07) is 0. The maximum absolute atomic E-state index is 12.0. The smallest absolute Gasteiger partial charge is 0.306 e. The summed E-state index contributed by atoms with van der Waals surface area (Å²) in [6.07, 6.45) is 30.8. The molecule has 170 valence electrons. The fraction of sp³-hybridized carbons (Fsp3) is 0.607. The molecule has 0 rings (SSSR count). The van der Waals surface area contributed by atoms with Gasteiger partial charge in [0, 0.05) is 6.42 Å². The molecule has 0 heterocycles. The highest BCUT2D eigenvalue weighted by molar-refractivity contribution is 5.69. The number of ether oxygens (including phenoxy) is 1. The summed E-state index contributed by atoms with van der Waals surface area (Å²) >= 11 is 0. The molecule has 0 spiro atoms. The van der Waals surface area contributed by atoms with E-state index in [0.29, 0.717) is 18.3 Å². The molecule has 0 radical (unpaired) electrons. The normalized spacial score (nSPS) is 13.1. The number of esters is 1. The van der Waals surface area contributed by atoms with Gasteiger partial charge in [0.25, 0.3) is 0 Å². The van der Waals surface area contributed by atoms with E-state index >= 15 is 0 Å². The Hall–Kier alpha value is -1.83. The molecule has 0 aromatic rings. The van der Waals surface area contributed by atoms with Gasteiger partial charge < -0.3 is 4.74 Å². The van der Waals surface area contributed by atoms with Gasteiger partial charge in [0.1, 0.15) is 6.10 Å². The van der Waals surface area contributed by atoms with Crippen molar-refractivity contribution in [1.82, 2.24) is 0 Å². The highest BCUT2D eigenvalue weighted by atomic mass is 16.5. The van der Waals surface area contributed by atoms with Crippen molar-refractivity contribution in [2.24, 2.45) is 11.8 Å². The highest BCUT2D eigenvalue weighted by Gasteiger charge is 2.21. The SMILES string of the molecule is CCC/C=C\C/C=C\C/C=C\C/C=C\CC=CCCCC(=O)OC(C(C)C)C(C)C. The standard InChI is InChI=1S/C28H46O2/c1-6-7-8-9-10-11-12-13-14-15-16-17-18-19-20-21-22-23-24-27(29)30-28(25(2)3)26(4)5/h8-9,11-12,14-15,17-18,20-21,25-26,28H,6-7,10,13,16,19,22-24H2,1-5H3/b9-8-,12-11-,15-14-,18-17-,21-20?. The summed E-state index contributed by atoms with van der Waals surface area (Å²) in [4.78, 5) is 12.0. The Morgan fingerprint density at radius 2 is 1.07 bits per heavy atom. The van der Waals surface area contributed by atoms with E-state index in [1.807, 2.05) is 0 Å².